The standard InChI is InChI=1S/C10H17N3/c1-13(2)7-6-12-9-10-4-3-5-11-8-10/h3-5,8,12H,6-7,9H2,1-2H3. The van der Waals surface area contributed by atoms with Gasteiger partial charge in [-0.1, -0.05) is 6.07 Å². The highest BCUT2D eigenvalue weighted by molar-refractivity contribution is 5.07. The molecule has 3 nitrogen and oxygen atoms in total. The second-order valence-electron chi connectivity index (χ2n) is 3.34. The second-order valence-corrected chi connectivity index (χ2v) is 3.34. The van der Waals surface area contributed by atoms with Crippen molar-refractivity contribution in [2.24, 2.45) is 0 Å². The van der Waals surface area contributed by atoms with Gasteiger partial charge in [0.15, 0.2) is 0 Å². The zero-order valence-electron chi connectivity index (χ0n) is 8.33. The lowest BCUT2D eigenvalue weighted by molar-refractivity contribution is 0.400. The summed E-state index contributed by atoms with van der Waals surface area (Å²) in [7, 11) is 4.15. The zero-order valence-corrected chi connectivity index (χ0v) is 8.33. The lowest BCUT2D eigenvalue weighted by Gasteiger charge is -2.09. The number of aromatic nitrogens is 1. The Labute approximate surface area is 79.8 Å². The lowest BCUT2D eigenvalue weighted by Crippen LogP contribution is -2.26. The number of nitrogens with zero attached hydrogens (tertiary/aromatic N) is 2. The molecule has 0 unspecified atom stereocenters. The van der Waals surface area contributed by atoms with Crippen LogP contribution in [0.2, 0.25) is 0 Å². The maximum Gasteiger partial charge on any atom is 0.0312 e. The molecule has 0 aliphatic carbocycles. The highest BCUT2D eigenvalue weighted by atomic mass is 15.1. The highest BCUT2D eigenvalue weighted by Gasteiger charge is 1.91. The smallest absolute Gasteiger partial charge is 0.0312 e. The summed E-state index contributed by atoms with van der Waals surface area (Å²) in [6, 6.07) is 4.04. The predicted molar refractivity (Wildman–Crippen MR) is 54.5 cm³/mol. The van der Waals surface area contributed by atoms with Gasteiger partial charge in [-0.3, -0.25) is 4.98 Å². The Balaban J connectivity index is 2.13. The molecule has 0 saturated heterocycles. The van der Waals surface area contributed by atoms with Crippen LogP contribution in [0.25, 0.3) is 0 Å². The monoisotopic (exact) mass is 179 g/mol. The van der Waals surface area contributed by atoms with Crippen molar-refractivity contribution >= 4 is 0 Å². The van der Waals surface area contributed by atoms with Crippen LogP contribution >= 0.6 is 0 Å². The normalized spacial score (nSPS) is 10.7. The van der Waals surface area contributed by atoms with Gasteiger partial charge in [0.25, 0.3) is 0 Å². The molecule has 0 aliphatic heterocycles. The van der Waals surface area contributed by atoms with E-state index in [1.54, 1.807) is 6.20 Å². The maximum atomic E-state index is 4.05. The molecular weight excluding hydrogens is 162 g/mol. The first kappa shape index (κ1) is 10.2. The van der Waals surface area contributed by atoms with Gasteiger partial charge < -0.3 is 10.2 Å². The van der Waals surface area contributed by atoms with Crippen LogP contribution in [0, 0.1) is 0 Å². The molecule has 3 heteroatoms. The van der Waals surface area contributed by atoms with Crippen LogP contribution in [0.15, 0.2) is 24.5 Å². The van der Waals surface area contributed by atoms with Gasteiger partial charge in [-0.25, -0.2) is 0 Å². The third-order valence-electron chi connectivity index (χ3n) is 1.79. The fraction of sp³-hybridized carbons (Fsp3) is 0.500. The number of hydrogen-bond donors (Lipinski definition) is 1. The van der Waals surface area contributed by atoms with Crippen LogP contribution in [0.1, 0.15) is 5.56 Å². The summed E-state index contributed by atoms with van der Waals surface area (Å²) < 4.78 is 0. The quantitative estimate of drug-likeness (QED) is 0.675. The molecule has 1 N–H and O–H groups in total. The molecule has 0 spiro atoms. The molecule has 1 heterocycles. The van der Waals surface area contributed by atoms with Crippen molar-refractivity contribution < 1.29 is 0 Å². The van der Waals surface area contributed by atoms with Gasteiger partial charge in [-0.2, -0.15) is 0 Å². The van der Waals surface area contributed by atoms with E-state index in [0.717, 1.165) is 19.6 Å². The van der Waals surface area contributed by atoms with Gasteiger partial charge >= 0.3 is 0 Å². The topological polar surface area (TPSA) is 28.2 Å². The van der Waals surface area contributed by atoms with Gasteiger partial charge in [0.05, 0.1) is 0 Å². The van der Waals surface area contributed by atoms with Crippen LogP contribution in [0.3, 0.4) is 0 Å². The second kappa shape index (κ2) is 5.67. The fourth-order valence-electron chi connectivity index (χ4n) is 1.04. The SMILES string of the molecule is CN(C)CCNCc1cccnc1. The molecule has 1 aromatic heterocycles. The molecule has 0 atom stereocenters. The number of rotatable bonds is 5. The molecule has 0 bridgehead atoms. The number of hydrogen-bond acceptors (Lipinski definition) is 3. The summed E-state index contributed by atoms with van der Waals surface area (Å²) in [6.07, 6.45) is 3.69. The van der Waals surface area contributed by atoms with E-state index in [0.29, 0.717) is 0 Å². The van der Waals surface area contributed by atoms with Crippen LogP contribution < -0.4 is 5.32 Å². The minimum atomic E-state index is 0.904. The van der Waals surface area contributed by atoms with Crippen molar-refractivity contribution in [1.82, 2.24) is 15.2 Å². The average molecular weight is 179 g/mol. The van der Waals surface area contributed by atoms with E-state index in [2.05, 4.69) is 35.4 Å². The summed E-state index contributed by atoms with van der Waals surface area (Å²) in [4.78, 5) is 6.21. The molecule has 1 rings (SSSR count). The van der Waals surface area contributed by atoms with Gasteiger partial charge in [0, 0.05) is 32.0 Å². The summed E-state index contributed by atoms with van der Waals surface area (Å²) in [5.74, 6) is 0. The molecule has 0 amide bonds. The van der Waals surface area contributed by atoms with Crippen LogP contribution in [-0.2, 0) is 6.54 Å². The lowest BCUT2D eigenvalue weighted by atomic mass is 10.3. The average Bonchev–Trinajstić information content (AvgIpc) is 2.14. The fourth-order valence-corrected chi connectivity index (χ4v) is 1.04. The van der Waals surface area contributed by atoms with E-state index in [1.165, 1.54) is 5.56 Å². The maximum absolute atomic E-state index is 4.05. The first-order valence-electron chi connectivity index (χ1n) is 4.53. The molecule has 72 valence electrons. The van der Waals surface area contributed by atoms with Gasteiger partial charge in [0.1, 0.15) is 0 Å². The van der Waals surface area contributed by atoms with Gasteiger partial charge in [-0.05, 0) is 25.7 Å². The Hall–Kier alpha value is -0.930. The Kier molecular flexibility index (Phi) is 4.43. The van der Waals surface area contributed by atoms with E-state index in [9.17, 15) is 0 Å². The van der Waals surface area contributed by atoms with Crippen molar-refractivity contribution in [2.45, 2.75) is 6.54 Å². The van der Waals surface area contributed by atoms with E-state index < -0.39 is 0 Å². The number of pyridine rings is 1. The van der Waals surface area contributed by atoms with Crippen molar-refractivity contribution in [1.29, 1.82) is 0 Å². The van der Waals surface area contributed by atoms with Crippen molar-refractivity contribution in [3.05, 3.63) is 30.1 Å². The Morgan fingerprint density at radius 2 is 2.31 bits per heavy atom. The molecule has 0 aromatic carbocycles. The van der Waals surface area contributed by atoms with Crippen LogP contribution in [-0.4, -0.2) is 37.1 Å². The predicted octanol–water partition coefficient (Wildman–Crippen LogP) is 0.733. The first-order chi connectivity index (χ1) is 6.29. The molecule has 0 saturated carbocycles. The minimum absolute atomic E-state index is 0.904. The van der Waals surface area contributed by atoms with E-state index >= 15 is 0 Å². The third-order valence-corrected chi connectivity index (χ3v) is 1.79. The van der Waals surface area contributed by atoms with Crippen molar-refractivity contribution in [3.8, 4) is 0 Å². The summed E-state index contributed by atoms with van der Waals surface area (Å²) >= 11 is 0. The number of likely N-dealkylation sites (N-methyl/N-ethyl adjacent to an activating group) is 1. The van der Waals surface area contributed by atoms with Gasteiger partial charge in [0.2, 0.25) is 0 Å². The van der Waals surface area contributed by atoms with Crippen LogP contribution in [0.4, 0.5) is 0 Å². The third kappa shape index (κ3) is 4.60. The minimum Gasteiger partial charge on any atom is -0.311 e. The van der Waals surface area contributed by atoms with Crippen molar-refractivity contribution in [3.63, 3.8) is 0 Å². The van der Waals surface area contributed by atoms with Crippen LogP contribution in [0.5, 0.6) is 0 Å². The molecule has 0 aliphatic rings. The zero-order chi connectivity index (χ0) is 9.52. The molecule has 0 radical (unpaired) electrons. The molecular formula is C10H17N3. The Morgan fingerprint density at radius 3 is 2.92 bits per heavy atom. The summed E-state index contributed by atoms with van der Waals surface area (Å²) in [5, 5.41) is 3.35. The molecule has 13 heavy (non-hydrogen) atoms. The Bertz CT molecular complexity index is 221. The molecule has 1 aromatic rings. The first-order valence-corrected chi connectivity index (χ1v) is 4.53. The van der Waals surface area contributed by atoms with Crippen molar-refractivity contribution in [2.75, 3.05) is 27.2 Å². The van der Waals surface area contributed by atoms with E-state index in [-0.39, 0.29) is 0 Å². The Morgan fingerprint density at radius 1 is 1.46 bits per heavy atom. The summed E-state index contributed by atoms with van der Waals surface area (Å²) in [5.41, 5.74) is 1.24. The number of nitrogens with one attached hydrogen (secondary N) is 1. The van der Waals surface area contributed by atoms with Gasteiger partial charge in [-0.15, -0.1) is 0 Å². The molecule has 0 fully saturated rings. The van der Waals surface area contributed by atoms with E-state index in [4.69, 9.17) is 0 Å². The largest absolute Gasteiger partial charge is 0.311 e. The highest BCUT2D eigenvalue weighted by Crippen LogP contribution is 1.93. The van der Waals surface area contributed by atoms with E-state index in [1.807, 2.05) is 12.3 Å². The summed E-state index contributed by atoms with van der Waals surface area (Å²) in [6.45, 7) is 2.99.